The molecule has 138 valence electrons. The van der Waals surface area contributed by atoms with Crippen LogP contribution in [0.3, 0.4) is 0 Å². The van der Waals surface area contributed by atoms with Crippen LogP contribution in [0, 0.1) is 11.8 Å². The van der Waals surface area contributed by atoms with E-state index in [1.807, 2.05) is 0 Å². The fourth-order valence-corrected chi connectivity index (χ4v) is 3.36. The topological polar surface area (TPSA) is 27.7 Å². The second-order valence-corrected chi connectivity index (χ2v) is 6.56. The molecule has 0 saturated carbocycles. The Labute approximate surface area is 144 Å². The van der Waals surface area contributed by atoms with Gasteiger partial charge in [-0.05, 0) is 39.0 Å². The van der Waals surface area contributed by atoms with Crippen LogP contribution in [0.15, 0.2) is 12.2 Å². The molecule has 0 spiro atoms. The maximum absolute atomic E-state index is 5.76. The van der Waals surface area contributed by atoms with Gasteiger partial charge in [-0.2, -0.15) is 0 Å². The minimum absolute atomic E-state index is 0.343. The molecule has 0 aliphatic carbocycles. The molecule has 0 fully saturated rings. The van der Waals surface area contributed by atoms with Gasteiger partial charge in [-0.15, -0.1) is 0 Å². The number of methoxy groups -OCH3 is 3. The van der Waals surface area contributed by atoms with Crippen molar-refractivity contribution in [1.29, 1.82) is 0 Å². The van der Waals surface area contributed by atoms with Gasteiger partial charge in [0, 0.05) is 33.9 Å². The molecule has 0 rings (SSSR count). The molecule has 0 radical (unpaired) electrons. The standard InChI is InChI=1S/C20H40O3/c1-7-9-10-11-12-15-18(14-8-2)19(16-13-17-21-4)20(3,22-5)23-6/h8,14,18-19H,7,9-13,15-17H2,1-6H3. The Balaban J connectivity index is 4.85. The summed E-state index contributed by atoms with van der Waals surface area (Å²) in [7, 11) is 5.26. The first-order valence-corrected chi connectivity index (χ1v) is 9.31. The van der Waals surface area contributed by atoms with Crippen molar-refractivity contribution < 1.29 is 14.2 Å². The van der Waals surface area contributed by atoms with Crippen molar-refractivity contribution in [2.45, 2.75) is 77.9 Å². The normalized spacial score (nSPS) is 15.2. The van der Waals surface area contributed by atoms with E-state index >= 15 is 0 Å². The van der Waals surface area contributed by atoms with E-state index in [-0.39, 0.29) is 0 Å². The van der Waals surface area contributed by atoms with Gasteiger partial charge in [0.25, 0.3) is 0 Å². The molecule has 23 heavy (non-hydrogen) atoms. The van der Waals surface area contributed by atoms with E-state index < -0.39 is 5.79 Å². The maximum Gasteiger partial charge on any atom is 0.168 e. The van der Waals surface area contributed by atoms with Crippen LogP contribution >= 0.6 is 0 Å². The maximum atomic E-state index is 5.76. The molecular weight excluding hydrogens is 288 g/mol. The van der Waals surface area contributed by atoms with Crippen molar-refractivity contribution in [3.63, 3.8) is 0 Å². The summed E-state index contributed by atoms with van der Waals surface area (Å²) in [4.78, 5) is 0. The van der Waals surface area contributed by atoms with Gasteiger partial charge in [-0.3, -0.25) is 0 Å². The Kier molecular flexibility index (Phi) is 13.8. The Hall–Kier alpha value is -0.380. The minimum Gasteiger partial charge on any atom is -0.385 e. The summed E-state index contributed by atoms with van der Waals surface area (Å²) in [5.74, 6) is 0.292. The Bertz CT molecular complexity index is 285. The number of ether oxygens (including phenoxy) is 3. The lowest BCUT2D eigenvalue weighted by Gasteiger charge is -2.39. The van der Waals surface area contributed by atoms with Crippen LogP contribution in [0.5, 0.6) is 0 Å². The number of unbranched alkanes of at least 4 members (excludes halogenated alkanes) is 4. The quantitative estimate of drug-likeness (QED) is 0.223. The predicted molar refractivity (Wildman–Crippen MR) is 98.7 cm³/mol. The Morgan fingerprint density at radius 1 is 0.913 bits per heavy atom. The molecule has 0 aromatic heterocycles. The zero-order valence-corrected chi connectivity index (χ0v) is 16.4. The molecule has 0 aromatic carbocycles. The second kappa shape index (κ2) is 14.0. The van der Waals surface area contributed by atoms with Crippen molar-refractivity contribution in [2.75, 3.05) is 27.9 Å². The third-order valence-corrected chi connectivity index (χ3v) is 4.95. The molecule has 0 aliphatic rings. The van der Waals surface area contributed by atoms with Crippen LogP contribution in [0.25, 0.3) is 0 Å². The van der Waals surface area contributed by atoms with E-state index in [1.54, 1.807) is 21.3 Å². The molecule has 2 atom stereocenters. The van der Waals surface area contributed by atoms with E-state index in [0.29, 0.717) is 11.8 Å². The molecule has 0 bridgehead atoms. The first-order valence-electron chi connectivity index (χ1n) is 9.31. The summed E-state index contributed by atoms with van der Waals surface area (Å²) >= 11 is 0. The van der Waals surface area contributed by atoms with Gasteiger partial charge < -0.3 is 14.2 Å². The van der Waals surface area contributed by atoms with Crippen molar-refractivity contribution in [3.05, 3.63) is 12.2 Å². The fourth-order valence-electron chi connectivity index (χ4n) is 3.36. The third-order valence-electron chi connectivity index (χ3n) is 4.95. The van der Waals surface area contributed by atoms with E-state index in [4.69, 9.17) is 14.2 Å². The zero-order valence-electron chi connectivity index (χ0n) is 16.4. The first-order chi connectivity index (χ1) is 11.1. The summed E-state index contributed by atoms with van der Waals surface area (Å²) in [6.07, 6.45) is 14.4. The smallest absolute Gasteiger partial charge is 0.168 e. The van der Waals surface area contributed by atoms with Crippen LogP contribution in [0.1, 0.15) is 72.1 Å². The number of allylic oxidation sites excluding steroid dienone is 2. The van der Waals surface area contributed by atoms with Crippen molar-refractivity contribution in [2.24, 2.45) is 11.8 Å². The fraction of sp³-hybridized carbons (Fsp3) is 0.900. The number of rotatable bonds is 15. The molecule has 2 unspecified atom stereocenters. The van der Waals surface area contributed by atoms with Crippen molar-refractivity contribution in [1.82, 2.24) is 0 Å². The van der Waals surface area contributed by atoms with Crippen LogP contribution in [-0.4, -0.2) is 33.7 Å². The molecule has 0 heterocycles. The molecule has 0 aliphatic heterocycles. The Morgan fingerprint density at radius 2 is 1.57 bits per heavy atom. The van der Waals surface area contributed by atoms with Crippen LogP contribution in [0.4, 0.5) is 0 Å². The molecule has 3 heteroatoms. The lowest BCUT2D eigenvalue weighted by atomic mass is 9.79. The first kappa shape index (κ1) is 22.6. The number of hydrogen-bond acceptors (Lipinski definition) is 3. The van der Waals surface area contributed by atoms with Gasteiger partial charge in [0.1, 0.15) is 0 Å². The minimum atomic E-state index is -0.540. The summed E-state index contributed by atoms with van der Waals surface area (Å²) in [5.41, 5.74) is 0. The average molecular weight is 329 g/mol. The van der Waals surface area contributed by atoms with Gasteiger partial charge in [0.05, 0.1) is 0 Å². The molecule has 0 N–H and O–H groups in total. The van der Waals surface area contributed by atoms with Crippen LogP contribution in [0.2, 0.25) is 0 Å². The summed E-state index contributed by atoms with van der Waals surface area (Å²) in [6.45, 7) is 7.22. The van der Waals surface area contributed by atoms with Crippen molar-refractivity contribution >= 4 is 0 Å². The predicted octanol–water partition coefficient (Wildman–Crippen LogP) is 5.59. The van der Waals surface area contributed by atoms with Gasteiger partial charge in [0.2, 0.25) is 0 Å². The third kappa shape index (κ3) is 8.88. The highest BCUT2D eigenvalue weighted by molar-refractivity contribution is 4.94. The highest BCUT2D eigenvalue weighted by atomic mass is 16.7. The average Bonchev–Trinajstić information content (AvgIpc) is 2.57. The monoisotopic (exact) mass is 328 g/mol. The molecule has 0 amide bonds. The lowest BCUT2D eigenvalue weighted by molar-refractivity contribution is -0.236. The summed E-state index contributed by atoms with van der Waals surface area (Å²) in [6, 6.07) is 0. The van der Waals surface area contributed by atoms with E-state index in [2.05, 4.69) is 32.9 Å². The van der Waals surface area contributed by atoms with E-state index in [1.165, 1.54) is 38.5 Å². The van der Waals surface area contributed by atoms with E-state index in [9.17, 15) is 0 Å². The largest absolute Gasteiger partial charge is 0.385 e. The molecular formula is C20H40O3. The van der Waals surface area contributed by atoms with Gasteiger partial charge in [-0.25, -0.2) is 0 Å². The molecule has 3 nitrogen and oxygen atoms in total. The SMILES string of the molecule is CC=CC(CCCCCCC)C(CCCOC)C(C)(OC)OC. The van der Waals surface area contributed by atoms with Gasteiger partial charge >= 0.3 is 0 Å². The van der Waals surface area contributed by atoms with Crippen LogP contribution < -0.4 is 0 Å². The van der Waals surface area contributed by atoms with Gasteiger partial charge in [0.15, 0.2) is 5.79 Å². The summed E-state index contributed by atoms with van der Waals surface area (Å²) < 4.78 is 16.7. The van der Waals surface area contributed by atoms with Crippen molar-refractivity contribution in [3.8, 4) is 0 Å². The highest BCUT2D eigenvalue weighted by Gasteiger charge is 2.38. The molecule has 0 saturated heterocycles. The van der Waals surface area contributed by atoms with Gasteiger partial charge in [-0.1, -0.05) is 51.2 Å². The Morgan fingerprint density at radius 3 is 2.09 bits per heavy atom. The molecule has 0 aromatic rings. The summed E-state index contributed by atoms with van der Waals surface area (Å²) in [5, 5.41) is 0. The number of hydrogen-bond donors (Lipinski definition) is 0. The second-order valence-electron chi connectivity index (χ2n) is 6.56. The highest BCUT2D eigenvalue weighted by Crippen LogP contribution is 2.36. The van der Waals surface area contributed by atoms with Crippen LogP contribution in [-0.2, 0) is 14.2 Å². The van der Waals surface area contributed by atoms with E-state index in [0.717, 1.165) is 19.4 Å². The lowest BCUT2D eigenvalue weighted by Crippen LogP contribution is -2.42. The zero-order chi connectivity index (χ0) is 17.6.